The second kappa shape index (κ2) is 5.11. The molecule has 2 aromatic rings. The zero-order valence-electron chi connectivity index (χ0n) is 10.9. The lowest BCUT2D eigenvalue weighted by Gasteiger charge is -2.14. The third-order valence-electron chi connectivity index (χ3n) is 3.02. The van der Waals surface area contributed by atoms with E-state index in [-0.39, 0.29) is 11.7 Å². The van der Waals surface area contributed by atoms with Crippen LogP contribution in [0.5, 0.6) is 0 Å². The van der Waals surface area contributed by atoms with Gasteiger partial charge in [0.25, 0.3) is 0 Å². The Bertz CT molecular complexity index is 654. The van der Waals surface area contributed by atoms with Gasteiger partial charge in [-0.2, -0.15) is 0 Å². The van der Waals surface area contributed by atoms with Gasteiger partial charge in [-0.1, -0.05) is 19.8 Å². The van der Waals surface area contributed by atoms with Crippen LogP contribution in [-0.2, 0) is 0 Å². The van der Waals surface area contributed by atoms with Crippen LogP contribution in [0, 0.1) is 18.2 Å². The van der Waals surface area contributed by atoms with Crippen molar-refractivity contribution in [2.45, 2.75) is 19.8 Å². The molecule has 2 nitrogen and oxygen atoms in total. The molecule has 0 bridgehead atoms. The van der Waals surface area contributed by atoms with Crippen molar-refractivity contribution in [3.63, 3.8) is 0 Å². The Morgan fingerprint density at radius 1 is 1.32 bits per heavy atom. The summed E-state index contributed by atoms with van der Waals surface area (Å²) in [5.41, 5.74) is 9.47. The summed E-state index contributed by atoms with van der Waals surface area (Å²) < 4.78 is 13.7. The molecule has 0 aliphatic carbocycles. The van der Waals surface area contributed by atoms with Crippen molar-refractivity contribution >= 4 is 5.69 Å². The van der Waals surface area contributed by atoms with E-state index in [2.05, 4.69) is 10.9 Å². The van der Waals surface area contributed by atoms with Gasteiger partial charge < -0.3 is 5.73 Å². The minimum absolute atomic E-state index is 0.156. The zero-order chi connectivity index (χ0) is 14.0. The van der Waals surface area contributed by atoms with E-state index in [9.17, 15) is 4.39 Å². The van der Waals surface area contributed by atoms with Crippen LogP contribution in [0.2, 0.25) is 0 Å². The summed E-state index contributed by atoms with van der Waals surface area (Å²) in [7, 11) is 0. The van der Waals surface area contributed by atoms with Gasteiger partial charge >= 0.3 is 0 Å². The van der Waals surface area contributed by atoms with Gasteiger partial charge in [0, 0.05) is 17.4 Å². The second-order valence-electron chi connectivity index (χ2n) is 4.69. The highest BCUT2D eigenvalue weighted by atomic mass is 19.1. The fraction of sp³-hybridized carbons (Fsp3) is 0.188. The van der Waals surface area contributed by atoms with Crippen molar-refractivity contribution in [1.82, 2.24) is 4.98 Å². The zero-order valence-corrected chi connectivity index (χ0v) is 10.9. The lowest BCUT2D eigenvalue weighted by atomic mass is 9.94. The van der Waals surface area contributed by atoms with Crippen LogP contribution in [0.4, 0.5) is 10.1 Å². The minimum Gasteiger partial charge on any atom is -0.398 e. The summed E-state index contributed by atoms with van der Waals surface area (Å²) in [5, 5.41) is 0. The predicted molar refractivity (Wildman–Crippen MR) is 76.1 cm³/mol. The molecule has 0 saturated heterocycles. The number of halogens is 1. The second-order valence-corrected chi connectivity index (χ2v) is 4.69. The highest BCUT2D eigenvalue weighted by molar-refractivity contribution is 5.79. The van der Waals surface area contributed by atoms with Crippen LogP contribution in [0.1, 0.15) is 31.0 Å². The van der Waals surface area contributed by atoms with Gasteiger partial charge in [-0.25, -0.2) is 9.37 Å². The molecule has 0 fully saturated rings. The number of rotatable bonds is 2. The molecule has 19 heavy (non-hydrogen) atoms. The lowest BCUT2D eigenvalue weighted by molar-refractivity contribution is 0.624. The SMILES string of the molecule is C#Cc1cc(-c2cc(F)cc(C(C)C)c2N)ccn1. The molecule has 1 heterocycles. The highest BCUT2D eigenvalue weighted by Crippen LogP contribution is 2.33. The maximum Gasteiger partial charge on any atom is 0.124 e. The summed E-state index contributed by atoms with van der Waals surface area (Å²) in [6, 6.07) is 6.41. The Kier molecular flexibility index (Phi) is 3.52. The van der Waals surface area contributed by atoms with E-state index in [1.165, 1.54) is 12.1 Å². The summed E-state index contributed by atoms with van der Waals surface area (Å²) >= 11 is 0. The maximum absolute atomic E-state index is 13.7. The van der Waals surface area contributed by atoms with Gasteiger partial charge in [-0.15, -0.1) is 6.42 Å². The number of aromatic nitrogens is 1. The number of terminal acetylenes is 1. The van der Waals surface area contributed by atoms with Crippen LogP contribution >= 0.6 is 0 Å². The minimum atomic E-state index is -0.299. The van der Waals surface area contributed by atoms with Gasteiger partial charge in [-0.3, -0.25) is 0 Å². The summed E-state index contributed by atoms with van der Waals surface area (Å²) in [4.78, 5) is 4.02. The topological polar surface area (TPSA) is 38.9 Å². The number of pyridine rings is 1. The first kappa shape index (κ1) is 13.1. The predicted octanol–water partition coefficient (Wildman–Crippen LogP) is 3.57. The van der Waals surface area contributed by atoms with Crippen molar-refractivity contribution in [3.8, 4) is 23.5 Å². The third kappa shape index (κ3) is 2.58. The van der Waals surface area contributed by atoms with E-state index >= 15 is 0 Å². The number of benzene rings is 1. The number of hydrogen-bond acceptors (Lipinski definition) is 2. The van der Waals surface area contributed by atoms with Gasteiger partial charge in [0.15, 0.2) is 0 Å². The van der Waals surface area contributed by atoms with Crippen LogP contribution in [-0.4, -0.2) is 4.98 Å². The van der Waals surface area contributed by atoms with E-state index in [0.717, 1.165) is 11.1 Å². The number of hydrogen-bond donors (Lipinski definition) is 1. The molecule has 2 rings (SSSR count). The Morgan fingerprint density at radius 2 is 2.05 bits per heavy atom. The molecule has 0 unspecified atom stereocenters. The van der Waals surface area contributed by atoms with Crippen LogP contribution in [0.15, 0.2) is 30.5 Å². The Labute approximate surface area is 112 Å². The monoisotopic (exact) mass is 254 g/mol. The standard InChI is InChI=1S/C16H15FN2/c1-4-13-7-11(5-6-19-13)15-9-12(17)8-14(10(2)3)16(15)18/h1,5-10H,18H2,2-3H3. The van der Waals surface area contributed by atoms with Crippen LogP contribution in [0.25, 0.3) is 11.1 Å². The first-order valence-electron chi connectivity index (χ1n) is 6.05. The fourth-order valence-electron chi connectivity index (χ4n) is 2.03. The molecule has 0 atom stereocenters. The summed E-state index contributed by atoms with van der Waals surface area (Å²) in [5.74, 6) is 2.32. The fourth-order valence-corrected chi connectivity index (χ4v) is 2.03. The van der Waals surface area contributed by atoms with Gasteiger partial charge in [-0.05, 0) is 41.3 Å². The molecule has 2 N–H and O–H groups in total. The van der Waals surface area contributed by atoms with E-state index < -0.39 is 0 Å². The highest BCUT2D eigenvalue weighted by Gasteiger charge is 2.13. The first-order chi connectivity index (χ1) is 9.02. The van der Waals surface area contributed by atoms with Crippen molar-refractivity contribution in [3.05, 3.63) is 47.5 Å². The van der Waals surface area contributed by atoms with Crippen LogP contribution in [0.3, 0.4) is 0 Å². The van der Waals surface area contributed by atoms with Crippen molar-refractivity contribution in [2.24, 2.45) is 0 Å². The largest absolute Gasteiger partial charge is 0.398 e. The molecule has 0 radical (unpaired) electrons. The van der Waals surface area contributed by atoms with E-state index in [0.29, 0.717) is 16.9 Å². The molecule has 0 spiro atoms. The molecular formula is C16H15FN2. The van der Waals surface area contributed by atoms with Crippen molar-refractivity contribution in [2.75, 3.05) is 5.73 Å². The van der Waals surface area contributed by atoms with E-state index in [4.69, 9.17) is 12.2 Å². The lowest BCUT2D eigenvalue weighted by Crippen LogP contribution is -2.01. The number of nitrogen functional groups attached to an aromatic ring is 1. The van der Waals surface area contributed by atoms with E-state index in [1.54, 1.807) is 18.3 Å². The van der Waals surface area contributed by atoms with Crippen LogP contribution < -0.4 is 5.73 Å². The molecule has 1 aromatic heterocycles. The maximum atomic E-state index is 13.7. The van der Waals surface area contributed by atoms with Gasteiger partial charge in [0.2, 0.25) is 0 Å². The van der Waals surface area contributed by atoms with Gasteiger partial charge in [0.05, 0.1) is 0 Å². The Balaban J connectivity index is 2.65. The quantitative estimate of drug-likeness (QED) is 0.657. The molecule has 96 valence electrons. The number of nitrogens with zero attached hydrogens (tertiary/aromatic N) is 1. The smallest absolute Gasteiger partial charge is 0.124 e. The molecular weight excluding hydrogens is 239 g/mol. The molecule has 0 saturated carbocycles. The summed E-state index contributed by atoms with van der Waals surface area (Å²) in [6.07, 6.45) is 6.93. The summed E-state index contributed by atoms with van der Waals surface area (Å²) in [6.45, 7) is 3.96. The first-order valence-corrected chi connectivity index (χ1v) is 6.05. The number of anilines is 1. The molecule has 0 aliphatic rings. The van der Waals surface area contributed by atoms with Gasteiger partial charge in [0.1, 0.15) is 11.5 Å². The Hall–Kier alpha value is -2.34. The third-order valence-corrected chi connectivity index (χ3v) is 3.02. The molecule has 0 aliphatic heterocycles. The average molecular weight is 254 g/mol. The Morgan fingerprint density at radius 3 is 2.68 bits per heavy atom. The van der Waals surface area contributed by atoms with E-state index in [1.807, 2.05) is 13.8 Å². The normalized spacial score (nSPS) is 10.5. The van der Waals surface area contributed by atoms with Crippen molar-refractivity contribution in [1.29, 1.82) is 0 Å². The average Bonchev–Trinajstić information content (AvgIpc) is 2.40. The number of nitrogens with two attached hydrogens (primary N) is 1. The molecule has 0 amide bonds. The molecule has 3 heteroatoms. The molecule has 1 aromatic carbocycles. The van der Waals surface area contributed by atoms with Crippen molar-refractivity contribution < 1.29 is 4.39 Å².